The lowest BCUT2D eigenvalue weighted by atomic mass is 9.83. The highest BCUT2D eigenvalue weighted by molar-refractivity contribution is 6.04. The van der Waals surface area contributed by atoms with Crippen molar-refractivity contribution in [2.75, 3.05) is 13.1 Å². The zero-order valence-electron chi connectivity index (χ0n) is 10.8. The second-order valence-electron chi connectivity index (χ2n) is 4.99. The average molecular weight is 238 g/mol. The molecule has 0 aromatic carbocycles. The van der Waals surface area contributed by atoms with E-state index in [0.717, 1.165) is 12.8 Å². The van der Waals surface area contributed by atoms with Crippen LogP contribution in [0, 0.1) is 5.92 Å². The normalized spacial score (nSPS) is 27.1. The van der Waals surface area contributed by atoms with Gasteiger partial charge in [-0.1, -0.05) is 19.3 Å². The van der Waals surface area contributed by atoms with Gasteiger partial charge < -0.3 is 4.90 Å². The minimum absolute atomic E-state index is 0.0336. The summed E-state index contributed by atoms with van der Waals surface area (Å²) < 4.78 is 0. The van der Waals surface area contributed by atoms with Crippen LogP contribution in [0.3, 0.4) is 0 Å². The summed E-state index contributed by atoms with van der Waals surface area (Å²) >= 11 is 0. The first-order chi connectivity index (χ1) is 8.20. The molecule has 0 bridgehead atoms. The molecule has 3 amide bonds. The highest BCUT2D eigenvalue weighted by Crippen LogP contribution is 2.33. The van der Waals surface area contributed by atoms with Gasteiger partial charge in [0.25, 0.3) is 5.91 Å². The van der Waals surface area contributed by atoms with Crippen molar-refractivity contribution < 1.29 is 9.59 Å². The number of likely N-dealkylation sites (N-methyl/N-ethyl adjacent to an activating group) is 2. The van der Waals surface area contributed by atoms with Crippen molar-refractivity contribution >= 4 is 11.9 Å². The summed E-state index contributed by atoms with van der Waals surface area (Å²) in [4.78, 5) is 27.5. The molecule has 1 saturated heterocycles. The van der Waals surface area contributed by atoms with Crippen LogP contribution < -0.4 is 0 Å². The van der Waals surface area contributed by atoms with E-state index in [1.165, 1.54) is 24.2 Å². The summed E-state index contributed by atoms with van der Waals surface area (Å²) in [5.74, 6) is 0.419. The number of urea groups is 1. The first kappa shape index (κ1) is 12.4. The zero-order chi connectivity index (χ0) is 12.4. The molecule has 4 nitrogen and oxygen atoms in total. The lowest BCUT2D eigenvalue weighted by Crippen LogP contribution is -2.41. The van der Waals surface area contributed by atoms with Crippen LogP contribution in [0.25, 0.3) is 0 Å². The lowest BCUT2D eigenvalue weighted by Gasteiger charge is -2.30. The molecule has 1 atom stereocenters. The van der Waals surface area contributed by atoms with Gasteiger partial charge in [0.2, 0.25) is 0 Å². The Balaban J connectivity index is 2.18. The number of rotatable bonds is 3. The quantitative estimate of drug-likeness (QED) is 0.707. The van der Waals surface area contributed by atoms with Gasteiger partial charge in [-0.3, -0.25) is 9.69 Å². The van der Waals surface area contributed by atoms with Crippen LogP contribution in [-0.4, -0.2) is 40.9 Å². The summed E-state index contributed by atoms with van der Waals surface area (Å²) in [6, 6.07) is -0.261. The second-order valence-corrected chi connectivity index (χ2v) is 4.99. The maximum absolute atomic E-state index is 12.3. The maximum atomic E-state index is 12.3. The summed E-state index contributed by atoms with van der Waals surface area (Å²) in [5.41, 5.74) is 0. The van der Waals surface area contributed by atoms with Crippen molar-refractivity contribution in [1.82, 2.24) is 9.80 Å². The molecule has 96 valence electrons. The maximum Gasteiger partial charge on any atom is 0.327 e. The molecule has 0 spiro atoms. The Morgan fingerprint density at radius 2 is 1.71 bits per heavy atom. The molecule has 1 heterocycles. The SMILES string of the molecule is CCN1C(=O)C(C2CCCCC2)N(CC)C1=O. The predicted molar refractivity (Wildman–Crippen MR) is 65.5 cm³/mol. The third-order valence-electron chi connectivity index (χ3n) is 4.08. The molecule has 17 heavy (non-hydrogen) atoms. The number of nitrogens with zero attached hydrogens (tertiary/aromatic N) is 2. The molecule has 2 aliphatic rings. The molecule has 0 aromatic rings. The van der Waals surface area contributed by atoms with Gasteiger partial charge >= 0.3 is 6.03 Å². The first-order valence-corrected chi connectivity index (χ1v) is 6.82. The smallest absolute Gasteiger partial charge is 0.312 e. The molecular formula is C13H22N2O2. The van der Waals surface area contributed by atoms with E-state index in [2.05, 4.69) is 0 Å². The monoisotopic (exact) mass is 238 g/mol. The summed E-state index contributed by atoms with van der Waals surface area (Å²) in [5, 5.41) is 0. The van der Waals surface area contributed by atoms with Crippen LogP contribution in [0.2, 0.25) is 0 Å². The lowest BCUT2D eigenvalue weighted by molar-refractivity contribution is -0.129. The van der Waals surface area contributed by atoms with E-state index in [9.17, 15) is 9.59 Å². The predicted octanol–water partition coefficient (Wildman–Crippen LogP) is 2.24. The molecule has 0 aromatic heterocycles. The highest BCUT2D eigenvalue weighted by atomic mass is 16.2. The minimum atomic E-state index is -0.173. The molecule has 2 rings (SSSR count). The van der Waals surface area contributed by atoms with Crippen LogP contribution in [0.5, 0.6) is 0 Å². The van der Waals surface area contributed by atoms with E-state index in [4.69, 9.17) is 0 Å². The van der Waals surface area contributed by atoms with E-state index in [1.807, 2.05) is 13.8 Å². The molecule has 0 radical (unpaired) electrons. The van der Waals surface area contributed by atoms with E-state index >= 15 is 0 Å². The third-order valence-corrected chi connectivity index (χ3v) is 4.08. The van der Waals surface area contributed by atoms with Crippen molar-refractivity contribution in [2.45, 2.75) is 52.0 Å². The van der Waals surface area contributed by atoms with Crippen LogP contribution in [-0.2, 0) is 4.79 Å². The number of hydrogen-bond acceptors (Lipinski definition) is 2. The molecule has 2 fully saturated rings. The summed E-state index contributed by atoms with van der Waals surface area (Å²) in [6.07, 6.45) is 5.86. The number of imide groups is 1. The van der Waals surface area contributed by atoms with Crippen LogP contribution in [0.4, 0.5) is 4.79 Å². The topological polar surface area (TPSA) is 40.6 Å². The molecule has 4 heteroatoms. The first-order valence-electron chi connectivity index (χ1n) is 6.82. The van der Waals surface area contributed by atoms with Gasteiger partial charge in [-0.15, -0.1) is 0 Å². The van der Waals surface area contributed by atoms with E-state index in [1.54, 1.807) is 4.90 Å². The molecular weight excluding hydrogens is 216 g/mol. The van der Waals surface area contributed by atoms with Gasteiger partial charge in [-0.2, -0.15) is 0 Å². The van der Waals surface area contributed by atoms with Crippen LogP contribution in [0.15, 0.2) is 0 Å². The molecule has 1 aliphatic heterocycles. The van der Waals surface area contributed by atoms with Crippen molar-refractivity contribution in [2.24, 2.45) is 5.92 Å². The number of hydrogen-bond donors (Lipinski definition) is 0. The molecule has 1 unspecified atom stereocenters. The van der Waals surface area contributed by atoms with Crippen molar-refractivity contribution in [3.8, 4) is 0 Å². The fourth-order valence-corrected chi connectivity index (χ4v) is 3.19. The largest absolute Gasteiger partial charge is 0.327 e. The fourth-order valence-electron chi connectivity index (χ4n) is 3.19. The average Bonchev–Trinajstić information content (AvgIpc) is 2.61. The Kier molecular flexibility index (Phi) is 3.69. The molecule has 1 saturated carbocycles. The number of amides is 3. The van der Waals surface area contributed by atoms with Gasteiger partial charge in [0, 0.05) is 13.1 Å². The van der Waals surface area contributed by atoms with E-state index < -0.39 is 0 Å². The van der Waals surface area contributed by atoms with Gasteiger partial charge in [-0.05, 0) is 32.6 Å². The van der Waals surface area contributed by atoms with Crippen molar-refractivity contribution in [3.63, 3.8) is 0 Å². The standard InChI is InChI=1S/C13H22N2O2/c1-3-14-11(10-8-6-5-7-9-10)12(16)15(4-2)13(14)17/h10-11H,3-9H2,1-2H3. The second kappa shape index (κ2) is 5.07. The van der Waals surface area contributed by atoms with Gasteiger partial charge in [0.1, 0.15) is 6.04 Å². The molecule has 1 aliphatic carbocycles. The van der Waals surface area contributed by atoms with Crippen molar-refractivity contribution in [1.29, 1.82) is 0 Å². The number of carbonyl (C=O) groups is 2. The Labute approximate surface area is 103 Å². The van der Waals surface area contributed by atoms with Crippen LogP contribution in [0.1, 0.15) is 46.0 Å². The van der Waals surface area contributed by atoms with Gasteiger partial charge in [-0.25, -0.2) is 4.79 Å². The fraction of sp³-hybridized carbons (Fsp3) is 0.846. The highest BCUT2D eigenvalue weighted by Gasteiger charge is 2.47. The Morgan fingerprint density at radius 1 is 1.06 bits per heavy atom. The van der Waals surface area contributed by atoms with Crippen molar-refractivity contribution in [3.05, 3.63) is 0 Å². The summed E-state index contributed by atoms with van der Waals surface area (Å²) in [7, 11) is 0. The Hall–Kier alpha value is -1.06. The molecule has 0 N–H and O–H groups in total. The van der Waals surface area contributed by atoms with E-state index in [0.29, 0.717) is 19.0 Å². The number of carbonyl (C=O) groups excluding carboxylic acids is 2. The van der Waals surface area contributed by atoms with Gasteiger partial charge in [0.15, 0.2) is 0 Å². The Bertz CT molecular complexity index is 311. The van der Waals surface area contributed by atoms with E-state index in [-0.39, 0.29) is 18.0 Å². The minimum Gasteiger partial charge on any atom is -0.312 e. The Morgan fingerprint density at radius 3 is 2.24 bits per heavy atom. The zero-order valence-corrected chi connectivity index (χ0v) is 10.8. The third kappa shape index (κ3) is 2.05. The van der Waals surface area contributed by atoms with Crippen LogP contribution >= 0.6 is 0 Å². The summed E-state index contributed by atoms with van der Waals surface area (Å²) in [6.45, 7) is 4.96. The van der Waals surface area contributed by atoms with Gasteiger partial charge in [0.05, 0.1) is 0 Å².